The third kappa shape index (κ3) is 4.52. The Morgan fingerprint density at radius 3 is 2.58 bits per heavy atom. The molecule has 2 fully saturated rings. The topological polar surface area (TPSA) is 69.3 Å². The molecule has 0 radical (unpaired) electrons. The molecule has 8 heteroatoms. The number of fused-ring (bicyclic) bond motifs is 1. The van der Waals surface area contributed by atoms with E-state index in [-0.39, 0.29) is 29.4 Å². The predicted octanol–water partition coefficient (Wildman–Crippen LogP) is 3.63. The van der Waals surface area contributed by atoms with Gasteiger partial charge in [0.25, 0.3) is 11.5 Å². The van der Waals surface area contributed by atoms with E-state index in [4.69, 9.17) is 0 Å². The Morgan fingerprint density at radius 2 is 1.85 bits per heavy atom. The molecule has 1 atom stereocenters. The van der Waals surface area contributed by atoms with Gasteiger partial charge in [-0.25, -0.2) is 9.49 Å². The SMILES string of the molecule is CC(C1CN(C(=O)c2cc(Cc3n[nH]c(=O)c4ccccc34)ccc2F)C1)N1CCCC1.Cl. The monoisotopic (exact) mass is 470 g/mol. The van der Waals surface area contributed by atoms with E-state index in [1.807, 2.05) is 12.1 Å². The molecule has 33 heavy (non-hydrogen) atoms. The predicted molar refractivity (Wildman–Crippen MR) is 128 cm³/mol. The lowest BCUT2D eigenvalue weighted by Crippen LogP contribution is -2.57. The molecule has 5 rings (SSSR count). The fourth-order valence-corrected chi connectivity index (χ4v) is 4.95. The highest BCUT2D eigenvalue weighted by molar-refractivity contribution is 5.95. The number of aromatic amines is 1. The van der Waals surface area contributed by atoms with E-state index in [1.54, 1.807) is 29.2 Å². The van der Waals surface area contributed by atoms with Gasteiger partial charge in [0.05, 0.1) is 16.6 Å². The first-order chi connectivity index (χ1) is 15.5. The van der Waals surface area contributed by atoms with Crippen LogP contribution >= 0.6 is 12.4 Å². The van der Waals surface area contributed by atoms with Gasteiger partial charge in [0, 0.05) is 36.9 Å². The molecule has 1 aromatic heterocycles. The maximum absolute atomic E-state index is 14.6. The minimum absolute atomic E-state index is 0. The Balaban J connectivity index is 0.00000259. The number of likely N-dealkylation sites (tertiary alicyclic amines) is 2. The summed E-state index contributed by atoms with van der Waals surface area (Å²) in [4.78, 5) is 29.3. The minimum atomic E-state index is -0.505. The van der Waals surface area contributed by atoms with Gasteiger partial charge in [0.2, 0.25) is 0 Å². The van der Waals surface area contributed by atoms with Gasteiger partial charge in [0.15, 0.2) is 0 Å². The van der Waals surface area contributed by atoms with Gasteiger partial charge in [-0.15, -0.1) is 12.4 Å². The van der Waals surface area contributed by atoms with E-state index in [0.717, 1.165) is 24.0 Å². The zero-order chi connectivity index (χ0) is 22.2. The normalized spacial score (nSPS) is 17.6. The summed E-state index contributed by atoms with van der Waals surface area (Å²) in [6.07, 6.45) is 2.89. The quantitative estimate of drug-likeness (QED) is 0.618. The van der Waals surface area contributed by atoms with E-state index >= 15 is 0 Å². The number of carbonyl (C=O) groups excluding carboxylic acids is 1. The van der Waals surface area contributed by atoms with Gasteiger partial charge in [0.1, 0.15) is 5.82 Å². The van der Waals surface area contributed by atoms with Crippen molar-refractivity contribution in [3.63, 3.8) is 0 Å². The van der Waals surface area contributed by atoms with Gasteiger partial charge in [-0.2, -0.15) is 5.10 Å². The Bertz CT molecular complexity index is 1220. The second-order valence-corrected chi connectivity index (χ2v) is 8.99. The lowest BCUT2D eigenvalue weighted by Gasteiger charge is -2.45. The highest BCUT2D eigenvalue weighted by atomic mass is 35.5. The summed E-state index contributed by atoms with van der Waals surface area (Å²) in [5, 5.41) is 8.05. The first kappa shape index (κ1) is 23.4. The number of nitrogens with one attached hydrogen (secondary N) is 1. The van der Waals surface area contributed by atoms with Gasteiger partial charge >= 0.3 is 0 Å². The van der Waals surface area contributed by atoms with E-state index in [0.29, 0.717) is 42.6 Å². The Morgan fingerprint density at radius 1 is 1.15 bits per heavy atom. The van der Waals surface area contributed by atoms with Gasteiger partial charge < -0.3 is 9.80 Å². The van der Waals surface area contributed by atoms with Crippen molar-refractivity contribution in [2.45, 2.75) is 32.2 Å². The average Bonchev–Trinajstić information content (AvgIpc) is 3.31. The lowest BCUT2D eigenvalue weighted by atomic mass is 9.90. The molecule has 0 spiro atoms. The molecule has 1 amide bonds. The molecule has 3 aromatic rings. The molecule has 1 unspecified atom stereocenters. The van der Waals surface area contributed by atoms with Crippen LogP contribution in [0.15, 0.2) is 47.3 Å². The van der Waals surface area contributed by atoms with Crippen molar-refractivity contribution < 1.29 is 9.18 Å². The smallest absolute Gasteiger partial charge is 0.272 e. The summed E-state index contributed by atoms with van der Waals surface area (Å²) >= 11 is 0. The number of carbonyl (C=O) groups is 1. The highest BCUT2D eigenvalue weighted by Gasteiger charge is 2.38. The van der Waals surface area contributed by atoms with E-state index in [9.17, 15) is 14.0 Å². The average molecular weight is 471 g/mol. The second kappa shape index (κ2) is 9.61. The molecule has 0 saturated carbocycles. The van der Waals surface area contributed by atoms with Crippen LogP contribution in [0.2, 0.25) is 0 Å². The number of aromatic nitrogens is 2. The van der Waals surface area contributed by atoms with Crippen LogP contribution in [0.4, 0.5) is 4.39 Å². The molecular formula is C25H28ClFN4O2. The zero-order valence-electron chi connectivity index (χ0n) is 18.6. The van der Waals surface area contributed by atoms with Crippen molar-refractivity contribution in [1.82, 2.24) is 20.0 Å². The lowest BCUT2D eigenvalue weighted by molar-refractivity contribution is 0.0274. The molecule has 1 N–H and O–H groups in total. The number of H-pyrrole nitrogens is 1. The van der Waals surface area contributed by atoms with Crippen LogP contribution in [-0.4, -0.2) is 58.1 Å². The van der Waals surface area contributed by atoms with Crippen LogP contribution in [0, 0.1) is 11.7 Å². The zero-order valence-corrected chi connectivity index (χ0v) is 19.4. The van der Waals surface area contributed by atoms with Crippen molar-refractivity contribution in [1.29, 1.82) is 0 Å². The summed E-state index contributed by atoms with van der Waals surface area (Å²) in [5.74, 6) is -0.317. The molecule has 3 heterocycles. The van der Waals surface area contributed by atoms with Crippen LogP contribution in [0.3, 0.4) is 0 Å². The third-order valence-electron chi connectivity index (χ3n) is 7.00. The number of hydrogen-bond acceptors (Lipinski definition) is 4. The molecule has 2 aliphatic rings. The van der Waals surface area contributed by atoms with Crippen molar-refractivity contribution in [2.75, 3.05) is 26.2 Å². The number of nitrogens with zero attached hydrogens (tertiary/aromatic N) is 3. The number of halogens is 2. The molecular weight excluding hydrogens is 443 g/mol. The van der Waals surface area contributed by atoms with E-state index in [2.05, 4.69) is 22.0 Å². The largest absolute Gasteiger partial charge is 0.338 e. The highest BCUT2D eigenvalue weighted by Crippen LogP contribution is 2.28. The summed E-state index contributed by atoms with van der Waals surface area (Å²) in [6.45, 7) is 5.85. The standard InChI is InChI=1S/C25H27FN4O2.ClH/c1-16(29-10-4-5-11-29)18-14-30(15-18)25(32)21-12-17(8-9-22(21)26)13-23-19-6-2-3-7-20(19)24(31)28-27-23;/h2-3,6-9,12,16,18H,4-5,10-11,13-15H2,1H3,(H,28,31);1H. The first-order valence-electron chi connectivity index (χ1n) is 11.3. The van der Waals surface area contributed by atoms with Crippen molar-refractivity contribution >= 4 is 29.1 Å². The number of benzene rings is 2. The number of amides is 1. The van der Waals surface area contributed by atoms with Crippen LogP contribution in [0.25, 0.3) is 10.8 Å². The molecule has 0 aliphatic carbocycles. The van der Waals surface area contributed by atoms with Crippen LogP contribution in [-0.2, 0) is 6.42 Å². The summed E-state index contributed by atoms with van der Waals surface area (Å²) in [7, 11) is 0. The summed E-state index contributed by atoms with van der Waals surface area (Å²) < 4.78 is 14.6. The van der Waals surface area contributed by atoms with Crippen molar-refractivity contribution in [3.8, 4) is 0 Å². The minimum Gasteiger partial charge on any atom is -0.338 e. The fourth-order valence-electron chi connectivity index (χ4n) is 4.95. The summed E-state index contributed by atoms with van der Waals surface area (Å²) in [6, 6.07) is 12.4. The van der Waals surface area contributed by atoms with Crippen LogP contribution in [0.5, 0.6) is 0 Å². The molecule has 0 bridgehead atoms. The van der Waals surface area contributed by atoms with Crippen molar-refractivity contribution in [3.05, 3.63) is 75.5 Å². The fraction of sp³-hybridized carbons (Fsp3) is 0.400. The Hall–Kier alpha value is -2.77. The first-order valence-corrected chi connectivity index (χ1v) is 11.3. The maximum Gasteiger partial charge on any atom is 0.272 e. The Labute approximate surface area is 198 Å². The number of hydrogen-bond donors (Lipinski definition) is 1. The Kier molecular flexibility index (Phi) is 6.81. The molecule has 6 nitrogen and oxygen atoms in total. The molecule has 2 aromatic carbocycles. The van der Waals surface area contributed by atoms with E-state index < -0.39 is 5.82 Å². The van der Waals surface area contributed by atoms with Crippen molar-refractivity contribution in [2.24, 2.45) is 5.92 Å². The number of rotatable bonds is 5. The molecule has 2 saturated heterocycles. The van der Waals surface area contributed by atoms with Gasteiger partial charge in [-0.05, 0) is 56.6 Å². The van der Waals surface area contributed by atoms with Crippen LogP contribution < -0.4 is 5.56 Å². The third-order valence-corrected chi connectivity index (χ3v) is 7.00. The maximum atomic E-state index is 14.6. The van der Waals surface area contributed by atoms with Crippen LogP contribution in [0.1, 0.15) is 41.4 Å². The van der Waals surface area contributed by atoms with E-state index in [1.165, 1.54) is 18.9 Å². The second-order valence-electron chi connectivity index (χ2n) is 8.99. The van der Waals surface area contributed by atoms with Gasteiger partial charge in [-0.1, -0.05) is 24.3 Å². The van der Waals surface area contributed by atoms with Gasteiger partial charge in [-0.3, -0.25) is 9.59 Å². The molecule has 174 valence electrons. The summed E-state index contributed by atoms with van der Waals surface area (Å²) in [5.41, 5.74) is 1.33. The molecule has 2 aliphatic heterocycles.